The third-order valence-electron chi connectivity index (χ3n) is 4.28. The fraction of sp³-hybridized carbons (Fsp3) is 0.625. The van der Waals surface area contributed by atoms with Crippen LogP contribution in [0.25, 0.3) is 0 Å². The van der Waals surface area contributed by atoms with E-state index in [4.69, 9.17) is 9.47 Å². The maximum atomic E-state index is 10.7. The fourth-order valence-electron chi connectivity index (χ4n) is 3.13. The van der Waals surface area contributed by atoms with E-state index in [0.29, 0.717) is 19.1 Å². The minimum Gasteiger partial charge on any atom is -0.490 e. The summed E-state index contributed by atoms with van der Waals surface area (Å²) < 4.78 is 12.3. The Morgan fingerprint density at radius 2 is 1.65 bits per heavy atom. The maximum Gasteiger partial charge on any atom is 0.162 e. The van der Waals surface area contributed by atoms with Gasteiger partial charge in [0.2, 0.25) is 0 Å². The van der Waals surface area contributed by atoms with Crippen LogP contribution in [0.1, 0.15) is 50.2 Å². The molecule has 110 valence electrons. The molecule has 0 aromatic heterocycles. The molecule has 0 saturated heterocycles. The lowest BCUT2D eigenvalue weighted by Gasteiger charge is -2.27. The molecule has 1 saturated carbocycles. The summed E-state index contributed by atoms with van der Waals surface area (Å²) in [6.45, 7) is 1.36. The molecular weight excluding hydrogens is 320 g/mol. The second kappa shape index (κ2) is 6.35. The number of fused-ring (bicyclic) bond motifs is 1. The minimum atomic E-state index is -0.415. The van der Waals surface area contributed by atoms with Crippen molar-refractivity contribution in [1.29, 1.82) is 0 Å². The van der Waals surface area contributed by atoms with Crippen molar-refractivity contribution in [2.75, 3.05) is 13.2 Å². The van der Waals surface area contributed by atoms with Gasteiger partial charge in [-0.1, -0.05) is 35.2 Å². The van der Waals surface area contributed by atoms with Crippen LogP contribution >= 0.6 is 15.9 Å². The first-order valence-electron chi connectivity index (χ1n) is 7.53. The van der Waals surface area contributed by atoms with E-state index in [9.17, 15) is 5.11 Å². The van der Waals surface area contributed by atoms with Crippen LogP contribution in [0.4, 0.5) is 0 Å². The van der Waals surface area contributed by atoms with Crippen LogP contribution in [0.2, 0.25) is 0 Å². The molecule has 0 amide bonds. The molecule has 1 aliphatic heterocycles. The molecular formula is C16H21BrO3. The van der Waals surface area contributed by atoms with Gasteiger partial charge < -0.3 is 14.6 Å². The predicted molar refractivity (Wildman–Crippen MR) is 81.3 cm³/mol. The number of hydrogen-bond acceptors (Lipinski definition) is 3. The van der Waals surface area contributed by atoms with Crippen molar-refractivity contribution < 1.29 is 14.6 Å². The summed E-state index contributed by atoms with van der Waals surface area (Å²) in [6, 6.07) is 3.88. The first kappa shape index (κ1) is 14.2. The Morgan fingerprint density at radius 3 is 2.35 bits per heavy atom. The molecule has 1 aromatic rings. The van der Waals surface area contributed by atoms with E-state index in [2.05, 4.69) is 15.9 Å². The lowest BCUT2D eigenvalue weighted by molar-refractivity contribution is 0.0839. The number of aliphatic hydroxyl groups is 1. The number of aliphatic hydroxyl groups excluding tert-OH is 1. The van der Waals surface area contributed by atoms with E-state index >= 15 is 0 Å². The van der Waals surface area contributed by atoms with Crippen molar-refractivity contribution in [2.24, 2.45) is 5.92 Å². The highest BCUT2D eigenvalue weighted by Crippen LogP contribution is 2.42. The average Bonchev–Trinajstić information content (AvgIpc) is 2.71. The minimum absolute atomic E-state index is 0.366. The van der Waals surface area contributed by atoms with Crippen molar-refractivity contribution in [2.45, 2.75) is 44.6 Å². The molecule has 1 aliphatic carbocycles. The standard InChI is InChI=1S/C16H21BrO3/c17-13-10-15-14(19-7-4-8-20-15)9-12(13)16(18)11-5-2-1-3-6-11/h9-11,16,18H,1-8H2. The van der Waals surface area contributed by atoms with E-state index in [0.717, 1.165) is 40.8 Å². The highest BCUT2D eigenvalue weighted by molar-refractivity contribution is 9.10. The highest BCUT2D eigenvalue weighted by Gasteiger charge is 2.26. The van der Waals surface area contributed by atoms with Gasteiger partial charge in [0.25, 0.3) is 0 Å². The lowest BCUT2D eigenvalue weighted by Crippen LogP contribution is -2.16. The number of rotatable bonds is 2. The second-order valence-corrected chi connectivity index (χ2v) is 6.57. The molecule has 20 heavy (non-hydrogen) atoms. The van der Waals surface area contributed by atoms with Gasteiger partial charge in [-0.15, -0.1) is 0 Å². The van der Waals surface area contributed by atoms with E-state index in [1.165, 1.54) is 19.3 Å². The molecule has 0 spiro atoms. The Balaban J connectivity index is 1.86. The number of ether oxygens (including phenoxy) is 2. The molecule has 4 heteroatoms. The van der Waals surface area contributed by atoms with Gasteiger partial charge in [-0.25, -0.2) is 0 Å². The van der Waals surface area contributed by atoms with E-state index in [1.54, 1.807) is 0 Å². The molecule has 1 atom stereocenters. The molecule has 3 nitrogen and oxygen atoms in total. The van der Waals surface area contributed by atoms with Crippen LogP contribution in [-0.2, 0) is 0 Å². The summed E-state index contributed by atoms with van der Waals surface area (Å²) >= 11 is 3.57. The van der Waals surface area contributed by atoms with Crippen molar-refractivity contribution >= 4 is 15.9 Å². The van der Waals surface area contributed by atoms with Crippen LogP contribution in [-0.4, -0.2) is 18.3 Å². The normalized spacial score (nSPS) is 21.3. The smallest absolute Gasteiger partial charge is 0.162 e. The SMILES string of the molecule is OC(c1cc2c(cc1Br)OCCCO2)C1CCCCC1. The monoisotopic (exact) mass is 340 g/mol. The van der Waals surface area contributed by atoms with Crippen molar-refractivity contribution in [3.05, 3.63) is 22.2 Å². The summed E-state index contributed by atoms with van der Waals surface area (Å²) in [5, 5.41) is 10.7. The fourth-order valence-corrected chi connectivity index (χ4v) is 3.69. The summed E-state index contributed by atoms with van der Waals surface area (Å²) in [5.74, 6) is 1.90. The van der Waals surface area contributed by atoms with Gasteiger partial charge in [0, 0.05) is 10.9 Å². The molecule has 3 rings (SSSR count). The summed E-state index contributed by atoms with van der Waals surface area (Å²) in [7, 11) is 0. The van der Waals surface area contributed by atoms with Crippen LogP contribution in [0.3, 0.4) is 0 Å². The van der Waals surface area contributed by atoms with Gasteiger partial charge in [0.15, 0.2) is 11.5 Å². The van der Waals surface area contributed by atoms with Crippen LogP contribution in [0.5, 0.6) is 11.5 Å². The molecule has 0 radical (unpaired) electrons. The first-order chi connectivity index (χ1) is 9.75. The third-order valence-corrected chi connectivity index (χ3v) is 4.97. The van der Waals surface area contributed by atoms with Gasteiger partial charge in [0.05, 0.1) is 19.3 Å². The van der Waals surface area contributed by atoms with Crippen LogP contribution < -0.4 is 9.47 Å². The molecule has 1 unspecified atom stereocenters. The average molecular weight is 341 g/mol. The van der Waals surface area contributed by atoms with Gasteiger partial charge in [0.1, 0.15) is 0 Å². The maximum absolute atomic E-state index is 10.7. The largest absolute Gasteiger partial charge is 0.490 e. The van der Waals surface area contributed by atoms with Gasteiger partial charge >= 0.3 is 0 Å². The first-order valence-corrected chi connectivity index (χ1v) is 8.32. The topological polar surface area (TPSA) is 38.7 Å². The second-order valence-electron chi connectivity index (χ2n) is 5.71. The van der Waals surface area contributed by atoms with Crippen molar-refractivity contribution in [3.8, 4) is 11.5 Å². The molecule has 1 N–H and O–H groups in total. The molecule has 0 bridgehead atoms. The Bertz CT molecular complexity index is 469. The Morgan fingerprint density at radius 1 is 1.00 bits per heavy atom. The third kappa shape index (κ3) is 2.96. The van der Waals surface area contributed by atoms with E-state index < -0.39 is 6.10 Å². The quantitative estimate of drug-likeness (QED) is 0.875. The van der Waals surface area contributed by atoms with Gasteiger partial charge in [-0.3, -0.25) is 0 Å². The number of hydrogen-bond donors (Lipinski definition) is 1. The Kier molecular flexibility index (Phi) is 4.51. The Hall–Kier alpha value is -0.740. The Labute approximate surface area is 128 Å². The lowest BCUT2D eigenvalue weighted by atomic mass is 9.83. The molecule has 1 heterocycles. The zero-order valence-corrected chi connectivity index (χ0v) is 13.2. The van der Waals surface area contributed by atoms with Gasteiger partial charge in [-0.05, 0) is 36.5 Å². The van der Waals surface area contributed by atoms with Crippen LogP contribution in [0.15, 0.2) is 16.6 Å². The highest BCUT2D eigenvalue weighted by atomic mass is 79.9. The molecule has 1 fully saturated rings. The summed E-state index contributed by atoms with van der Waals surface area (Å²) in [6.07, 6.45) is 6.46. The number of halogens is 1. The van der Waals surface area contributed by atoms with E-state index in [1.807, 2.05) is 12.1 Å². The summed E-state index contributed by atoms with van der Waals surface area (Å²) in [4.78, 5) is 0. The van der Waals surface area contributed by atoms with Gasteiger partial charge in [-0.2, -0.15) is 0 Å². The molecule has 1 aromatic carbocycles. The summed E-state index contributed by atoms with van der Waals surface area (Å²) in [5.41, 5.74) is 0.932. The van der Waals surface area contributed by atoms with Crippen molar-refractivity contribution in [3.63, 3.8) is 0 Å². The zero-order valence-electron chi connectivity index (χ0n) is 11.6. The predicted octanol–water partition coefficient (Wildman–Crippen LogP) is 4.22. The van der Waals surface area contributed by atoms with E-state index in [-0.39, 0.29) is 0 Å². The number of benzene rings is 1. The zero-order chi connectivity index (χ0) is 13.9. The van der Waals surface area contributed by atoms with Crippen molar-refractivity contribution in [1.82, 2.24) is 0 Å². The van der Waals surface area contributed by atoms with Crippen LogP contribution in [0, 0.1) is 5.92 Å². The molecule has 2 aliphatic rings.